The van der Waals surface area contributed by atoms with Gasteiger partial charge >= 0.3 is 5.97 Å². The summed E-state index contributed by atoms with van der Waals surface area (Å²) in [4.78, 5) is 22.3. The molecule has 6 heteroatoms. The summed E-state index contributed by atoms with van der Waals surface area (Å²) < 4.78 is 9.56. The minimum absolute atomic E-state index is 0.205. The van der Waals surface area contributed by atoms with E-state index in [0.29, 0.717) is 13.2 Å². The SMILES string of the molecule is COCCC(C)NCC(NC(C)=O)C(=O)OC. The fourth-order valence-electron chi connectivity index (χ4n) is 1.30. The van der Waals surface area contributed by atoms with Crippen molar-refractivity contribution in [2.45, 2.75) is 32.4 Å². The van der Waals surface area contributed by atoms with E-state index in [-0.39, 0.29) is 11.9 Å². The Labute approximate surface area is 102 Å². The fourth-order valence-corrected chi connectivity index (χ4v) is 1.30. The largest absolute Gasteiger partial charge is 0.467 e. The van der Waals surface area contributed by atoms with E-state index >= 15 is 0 Å². The molecule has 17 heavy (non-hydrogen) atoms. The van der Waals surface area contributed by atoms with Gasteiger partial charge in [-0.1, -0.05) is 0 Å². The first-order valence-corrected chi connectivity index (χ1v) is 5.58. The van der Waals surface area contributed by atoms with Crippen LogP contribution in [0.5, 0.6) is 0 Å². The summed E-state index contributed by atoms with van der Waals surface area (Å²) in [6, 6.07) is -0.446. The average molecular weight is 246 g/mol. The summed E-state index contributed by atoms with van der Waals surface area (Å²) in [7, 11) is 2.94. The normalized spacial score (nSPS) is 13.9. The number of carbonyl (C=O) groups is 2. The molecule has 6 nitrogen and oxygen atoms in total. The van der Waals surface area contributed by atoms with E-state index in [1.54, 1.807) is 7.11 Å². The summed E-state index contributed by atoms with van der Waals surface area (Å²) in [5.41, 5.74) is 0. The Morgan fingerprint density at radius 1 is 1.29 bits per heavy atom. The van der Waals surface area contributed by atoms with Gasteiger partial charge < -0.3 is 20.1 Å². The van der Waals surface area contributed by atoms with Crippen LogP contribution in [0.15, 0.2) is 0 Å². The van der Waals surface area contributed by atoms with E-state index in [0.717, 1.165) is 6.42 Å². The Morgan fingerprint density at radius 2 is 1.94 bits per heavy atom. The summed E-state index contributed by atoms with van der Waals surface area (Å²) in [6.45, 7) is 4.35. The highest BCUT2D eigenvalue weighted by Gasteiger charge is 2.20. The lowest BCUT2D eigenvalue weighted by molar-refractivity contribution is -0.144. The highest BCUT2D eigenvalue weighted by Crippen LogP contribution is 1.93. The maximum Gasteiger partial charge on any atom is 0.329 e. The molecule has 0 rings (SSSR count). The molecule has 100 valence electrons. The molecule has 0 aliphatic heterocycles. The molecular weight excluding hydrogens is 224 g/mol. The standard InChI is InChI=1S/C11H22N2O4/c1-8(5-6-16-3)12-7-10(11(15)17-4)13-9(2)14/h8,10,12H,5-7H2,1-4H3,(H,13,14). The maximum atomic E-state index is 11.4. The summed E-state index contributed by atoms with van der Waals surface area (Å²) in [6.07, 6.45) is 0.838. The van der Waals surface area contributed by atoms with Gasteiger partial charge in [-0.2, -0.15) is 0 Å². The summed E-state index contributed by atoms with van der Waals surface area (Å²) in [5.74, 6) is -0.710. The van der Waals surface area contributed by atoms with E-state index in [1.165, 1.54) is 14.0 Å². The summed E-state index contributed by atoms with van der Waals surface area (Å²) >= 11 is 0. The number of methoxy groups -OCH3 is 2. The van der Waals surface area contributed by atoms with Gasteiger partial charge in [0, 0.05) is 33.2 Å². The number of amides is 1. The van der Waals surface area contributed by atoms with Crippen LogP contribution in [0.3, 0.4) is 0 Å². The molecule has 0 aromatic heterocycles. The maximum absolute atomic E-state index is 11.4. The van der Waals surface area contributed by atoms with Crippen LogP contribution in [0.4, 0.5) is 0 Å². The molecule has 2 atom stereocenters. The molecule has 0 aliphatic carbocycles. The molecule has 1 amide bonds. The first-order chi connectivity index (χ1) is 8.01. The number of hydrogen-bond acceptors (Lipinski definition) is 5. The minimum Gasteiger partial charge on any atom is -0.467 e. The van der Waals surface area contributed by atoms with E-state index in [4.69, 9.17) is 4.74 Å². The molecule has 0 heterocycles. The van der Waals surface area contributed by atoms with Crippen molar-refractivity contribution in [3.05, 3.63) is 0 Å². The number of carbonyl (C=O) groups excluding carboxylic acids is 2. The highest BCUT2D eigenvalue weighted by molar-refractivity contribution is 5.83. The molecule has 0 radical (unpaired) electrons. The van der Waals surface area contributed by atoms with Gasteiger partial charge in [0.1, 0.15) is 6.04 Å². The molecule has 0 saturated carbocycles. The van der Waals surface area contributed by atoms with Gasteiger partial charge in [-0.15, -0.1) is 0 Å². The monoisotopic (exact) mass is 246 g/mol. The zero-order valence-corrected chi connectivity index (χ0v) is 10.9. The van der Waals surface area contributed by atoms with Gasteiger partial charge in [-0.05, 0) is 13.3 Å². The fraction of sp³-hybridized carbons (Fsp3) is 0.818. The molecule has 0 bridgehead atoms. The second-order valence-electron chi connectivity index (χ2n) is 3.87. The van der Waals surface area contributed by atoms with Crippen LogP contribution in [0.1, 0.15) is 20.3 Å². The third-order valence-electron chi connectivity index (χ3n) is 2.29. The number of hydrogen-bond donors (Lipinski definition) is 2. The van der Waals surface area contributed by atoms with Gasteiger partial charge in [-0.3, -0.25) is 4.79 Å². The Hall–Kier alpha value is -1.14. The predicted octanol–water partition coefficient (Wildman–Crippen LogP) is -0.321. The van der Waals surface area contributed by atoms with Crippen LogP contribution >= 0.6 is 0 Å². The first-order valence-electron chi connectivity index (χ1n) is 5.58. The van der Waals surface area contributed by atoms with Crippen molar-refractivity contribution in [1.82, 2.24) is 10.6 Å². The molecule has 2 unspecified atom stereocenters. The van der Waals surface area contributed by atoms with Gasteiger partial charge in [0.25, 0.3) is 0 Å². The van der Waals surface area contributed by atoms with E-state index < -0.39 is 12.0 Å². The lowest BCUT2D eigenvalue weighted by Crippen LogP contribution is -2.48. The molecule has 0 aliphatic rings. The lowest BCUT2D eigenvalue weighted by atomic mass is 10.2. The molecular formula is C11H22N2O4. The van der Waals surface area contributed by atoms with Crippen LogP contribution in [-0.2, 0) is 19.1 Å². The molecule has 0 spiro atoms. The van der Waals surface area contributed by atoms with Crippen LogP contribution in [0.2, 0.25) is 0 Å². The minimum atomic E-state index is -0.650. The van der Waals surface area contributed by atoms with Crippen molar-refractivity contribution in [1.29, 1.82) is 0 Å². The zero-order valence-electron chi connectivity index (χ0n) is 10.9. The van der Waals surface area contributed by atoms with Gasteiger partial charge in [0.15, 0.2) is 0 Å². The number of nitrogens with one attached hydrogen (secondary N) is 2. The topological polar surface area (TPSA) is 76.7 Å². The second-order valence-corrected chi connectivity index (χ2v) is 3.87. The Bertz CT molecular complexity index is 246. The van der Waals surface area contributed by atoms with E-state index in [2.05, 4.69) is 15.4 Å². The van der Waals surface area contributed by atoms with Crippen LogP contribution in [-0.4, -0.2) is 51.3 Å². The average Bonchev–Trinajstić information content (AvgIpc) is 2.30. The number of esters is 1. The van der Waals surface area contributed by atoms with E-state index in [9.17, 15) is 9.59 Å². The van der Waals surface area contributed by atoms with Crippen molar-refractivity contribution in [2.24, 2.45) is 0 Å². The molecule has 2 N–H and O–H groups in total. The third-order valence-corrected chi connectivity index (χ3v) is 2.29. The Kier molecular flexibility index (Phi) is 8.35. The third kappa shape index (κ3) is 7.70. The highest BCUT2D eigenvalue weighted by atomic mass is 16.5. The van der Waals surface area contributed by atoms with Crippen LogP contribution in [0, 0.1) is 0 Å². The number of rotatable bonds is 8. The van der Waals surface area contributed by atoms with Crippen LogP contribution in [0.25, 0.3) is 0 Å². The van der Waals surface area contributed by atoms with Crippen molar-refractivity contribution >= 4 is 11.9 Å². The molecule has 0 aromatic carbocycles. The Balaban J connectivity index is 4.06. The van der Waals surface area contributed by atoms with Crippen molar-refractivity contribution in [3.63, 3.8) is 0 Å². The Morgan fingerprint density at radius 3 is 2.41 bits per heavy atom. The second kappa shape index (κ2) is 8.95. The van der Waals surface area contributed by atoms with Gasteiger partial charge in [-0.25, -0.2) is 4.79 Å². The lowest BCUT2D eigenvalue weighted by Gasteiger charge is -2.19. The van der Waals surface area contributed by atoms with Gasteiger partial charge in [0.2, 0.25) is 5.91 Å². The summed E-state index contributed by atoms with van der Waals surface area (Å²) in [5, 5.41) is 5.68. The smallest absolute Gasteiger partial charge is 0.329 e. The zero-order chi connectivity index (χ0) is 13.3. The van der Waals surface area contributed by atoms with Crippen LogP contribution < -0.4 is 10.6 Å². The number of ether oxygens (including phenoxy) is 2. The predicted molar refractivity (Wildman–Crippen MR) is 63.6 cm³/mol. The van der Waals surface area contributed by atoms with Crippen molar-refractivity contribution in [2.75, 3.05) is 27.4 Å². The first kappa shape index (κ1) is 15.9. The van der Waals surface area contributed by atoms with Gasteiger partial charge in [0.05, 0.1) is 7.11 Å². The molecule has 0 fully saturated rings. The van der Waals surface area contributed by atoms with Crippen molar-refractivity contribution < 1.29 is 19.1 Å². The molecule has 0 saturated heterocycles. The molecule has 0 aromatic rings. The quantitative estimate of drug-likeness (QED) is 0.574. The van der Waals surface area contributed by atoms with Crippen molar-refractivity contribution in [3.8, 4) is 0 Å². The van der Waals surface area contributed by atoms with E-state index in [1.807, 2.05) is 6.92 Å².